The maximum atomic E-state index is 13.4. The van der Waals surface area contributed by atoms with Gasteiger partial charge in [-0.3, -0.25) is 19.2 Å². The summed E-state index contributed by atoms with van der Waals surface area (Å²) >= 11 is 0. The Morgan fingerprint density at radius 3 is 2.63 bits per heavy atom. The lowest BCUT2D eigenvalue weighted by molar-refractivity contribution is -0.131. The van der Waals surface area contributed by atoms with Gasteiger partial charge in [0.1, 0.15) is 0 Å². The van der Waals surface area contributed by atoms with Gasteiger partial charge in [0, 0.05) is 46.3 Å². The zero-order valence-electron chi connectivity index (χ0n) is 20.3. The number of hydrogen-bond donors (Lipinski definition) is 2. The Morgan fingerprint density at radius 2 is 1.94 bits per heavy atom. The van der Waals surface area contributed by atoms with Gasteiger partial charge >= 0.3 is 0 Å². The van der Waals surface area contributed by atoms with E-state index in [0.717, 1.165) is 17.7 Å². The van der Waals surface area contributed by atoms with Crippen LogP contribution in [0.1, 0.15) is 39.5 Å². The molecule has 10 heteroatoms. The fourth-order valence-corrected chi connectivity index (χ4v) is 5.91. The Morgan fingerprint density at radius 1 is 1.17 bits per heavy atom. The van der Waals surface area contributed by atoms with Gasteiger partial charge in [-0.15, -0.1) is 0 Å². The molecule has 188 valence electrons. The molecule has 0 unspecified atom stereocenters. The normalized spacial score (nSPS) is 19.6. The van der Waals surface area contributed by atoms with Gasteiger partial charge in [0.25, 0.3) is 5.91 Å². The summed E-state index contributed by atoms with van der Waals surface area (Å²) in [4.78, 5) is 31.2. The number of nitrogens with one attached hydrogen (secondary N) is 1. The summed E-state index contributed by atoms with van der Waals surface area (Å²) in [6, 6.07) is 12.2. The molecule has 1 saturated heterocycles. The number of carbonyl (C=O) groups excluding carboxylic acids is 2. The molecule has 2 amide bonds. The number of hydrogen-bond acceptors (Lipinski definition) is 6. The van der Waals surface area contributed by atoms with Crippen LogP contribution in [0, 0.1) is 0 Å². The third-order valence-corrected chi connectivity index (χ3v) is 7.83. The molecule has 0 aliphatic carbocycles. The molecule has 0 spiro atoms. The molecular formula is C25H32N4O5S. The zero-order chi connectivity index (χ0) is 25.3. The number of aliphatic hydroxyl groups is 1. The molecule has 2 aromatic rings. The van der Waals surface area contributed by atoms with Gasteiger partial charge in [-0.25, -0.2) is 8.42 Å². The molecule has 2 atom stereocenters. The lowest BCUT2D eigenvalue weighted by atomic mass is 10.0. The van der Waals surface area contributed by atoms with Crippen molar-refractivity contribution in [1.82, 2.24) is 14.7 Å². The number of likely N-dealkylation sites (N-methyl/N-ethyl adjacent to an activating group) is 1. The number of sulfonamides is 1. The average molecular weight is 501 g/mol. The number of benzene rings is 2. The summed E-state index contributed by atoms with van der Waals surface area (Å²) in [7, 11) is 1.79. The number of anilines is 1. The largest absolute Gasteiger partial charge is 0.392 e. The van der Waals surface area contributed by atoms with Crippen LogP contribution >= 0.6 is 0 Å². The van der Waals surface area contributed by atoms with E-state index in [-0.39, 0.29) is 36.1 Å². The van der Waals surface area contributed by atoms with E-state index in [9.17, 15) is 23.1 Å². The van der Waals surface area contributed by atoms with Crippen molar-refractivity contribution in [3.8, 4) is 0 Å². The Labute approximate surface area is 206 Å². The van der Waals surface area contributed by atoms with Gasteiger partial charge in [-0.05, 0) is 41.3 Å². The highest BCUT2D eigenvalue weighted by atomic mass is 32.2. The summed E-state index contributed by atoms with van der Waals surface area (Å²) in [5, 5.41) is 10.00. The summed E-state index contributed by atoms with van der Waals surface area (Å²) in [5.41, 5.74) is 3.33. The van der Waals surface area contributed by atoms with Crippen molar-refractivity contribution in [3.05, 3.63) is 64.7 Å². The first-order valence-electron chi connectivity index (χ1n) is 11.6. The quantitative estimate of drug-likeness (QED) is 0.596. The molecule has 0 radical (unpaired) electrons. The molecule has 2 heterocycles. The predicted octanol–water partition coefficient (Wildman–Crippen LogP) is 1.45. The number of likely N-dealkylation sites (tertiary alicyclic amines) is 1. The molecule has 2 aliphatic rings. The van der Waals surface area contributed by atoms with Crippen molar-refractivity contribution < 1.29 is 23.1 Å². The summed E-state index contributed by atoms with van der Waals surface area (Å²) in [5.74, 6) is -0.293. The smallest absolute Gasteiger partial charge is 0.253 e. The molecular weight excluding hydrogens is 468 g/mol. The highest BCUT2D eigenvalue weighted by Crippen LogP contribution is 2.29. The van der Waals surface area contributed by atoms with Crippen LogP contribution in [0.3, 0.4) is 0 Å². The number of aliphatic hydroxyl groups excluding tert-OH is 1. The third kappa shape index (κ3) is 5.83. The Kier molecular flexibility index (Phi) is 7.16. The molecule has 2 aromatic carbocycles. The molecule has 0 saturated carbocycles. The van der Waals surface area contributed by atoms with Crippen LogP contribution in [-0.2, 0) is 27.0 Å². The minimum Gasteiger partial charge on any atom is -0.392 e. The van der Waals surface area contributed by atoms with Crippen molar-refractivity contribution >= 4 is 27.5 Å². The highest BCUT2D eigenvalue weighted by molar-refractivity contribution is 7.92. The third-order valence-electron chi connectivity index (χ3n) is 6.60. The lowest BCUT2D eigenvalue weighted by Gasteiger charge is -2.32. The molecule has 2 aliphatic heterocycles. The van der Waals surface area contributed by atoms with Crippen LogP contribution in [0.5, 0.6) is 0 Å². The number of fused-ring (bicyclic) bond motifs is 1. The minimum atomic E-state index is -3.35. The molecule has 1 fully saturated rings. The van der Waals surface area contributed by atoms with Gasteiger partial charge in [0.05, 0.1) is 30.0 Å². The first kappa shape index (κ1) is 25.2. The van der Waals surface area contributed by atoms with Crippen LogP contribution in [0.2, 0.25) is 0 Å². The Balaban J connectivity index is 1.57. The molecule has 35 heavy (non-hydrogen) atoms. The van der Waals surface area contributed by atoms with Crippen molar-refractivity contribution in [2.24, 2.45) is 0 Å². The van der Waals surface area contributed by atoms with E-state index in [0.29, 0.717) is 36.3 Å². The summed E-state index contributed by atoms with van der Waals surface area (Å²) in [6.45, 7) is 1.81. The molecule has 2 N–H and O–H groups in total. The average Bonchev–Trinajstić information content (AvgIpc) is 3.36. The van der Waals surface area contributed by atoms with Gasteiger partial charge in [0.2, 0.25) is 15.9 Å². The summed E-state index contributed by atoms with van der Waals surface area (Å²) < 4.78 is 26.2. The Hall–Kier alpha value is -2.95. The van der Waals surface area contributed by atoms with Gasteiger partial charge in [0.15, 0.2) is 0 Å². The second kappa shape index (κ2) is 9.96. The van der Waals surface area contributed by atoms with E-state index in [1.165, 1.54) is 4.90 Å². The molecule has 9 nitrogen and oxygen atoms in total. The van der Waals surface area contributed by atoms with E-state index in [2.05, 4.69) is 9.62 Å². The number of amides is 2. The van der Waals surface area contributed by atoms with Gasteiger partial charge in [-0.1, -0.05) is 24.3 Å². The first-order valence-corrected chi connectivity index (χ1v) is 13.3. The number of nitrogens with zero attached hydrogens (tertiary/aromatic N) is 3. The lowest BCUT2D eigenvalue weighted by Crippen LogP contribution is -2.39. The molecule has 4 rings (SSSR count). The van der Waals surface area contributed by atoms with Crippen molar-refractivity contribution in [3.63, 3.8) is 0 Å². The molecule has 0 bridgehead atoms. The summed E-state index contributed by atoms with van der Waals surface area (Å²) in [6.07, 6.45) is 0.420. The SMILES string of the molecule is CN(C)C(=O)c1cccc([C@@H](CN2CC[C@H](O)C2)N(C)C(=O)Cc2ccc3c(c2)NS(=O)(=O)C3)c1. The standard InChI is InChI=1S/C25H32N4O5S/c1-27(2)25(32)19-6-4-5-18(13-19)23(15-29-10-9-21(30)14-29)28(3)24(31)12-17-7-8-20-16-35(33,34)26-22(20)11-17/h4-8,11,13,21,23,26,30H,9-10,12,14-16H2,1-3H3/t21-,23+/m0/s1. The van der Waals surface area contributed by atoms with E-state index in [1.807, 2.05) is 18.2 Å². The fraction of sp³-hybridized carbons (Fsp3) is 0.440. The first-order chi connectivity index (χ1) is 16.5. The predicted molar refractivity (Wildman–Crippen MR) is 133 cm³/mol. The second-order valence-corrected chi connectivity index (χ2v) is 11.3. The monoisotopic (exact) mass is 500 g/mol. The van der Waals surface area contributed by atoms with Crippen molar-refractivity contribution in [2.75, 3.05) is 45.5 Å². The fourth-order valence-electron chi connectivity index (χ4n) is 4.65. The second-order valence-electron chi connectivity index (χ2n) is 9.58. The number of β-amino-alcohol motifs (C(OH)–C–C–N with tert-alkyl or cyclic N) is 1. The van der Waals surface area contributed by atoms with Crippen molar-refractivity contribution in [2.45, 2.75) is 30.7 Å². The van der Waals surface area contributed by atoms with Crippen LogP contribution in [0.15, 0.2) is 42.5 Å². The van der Waals surface area contributed by atoms with Crippen LogP contribution in [0.25, 0.3) is 0 Å². The van der Waals surface area contributed by atoms with E-state index in [4.69, 9.17) is 0 Å². The topological polar surface area (TPSA) is 110 Å². The van der Waals surface area contributed by atoms with Crippen LogP contribution < -0.4 is 4.72 Å². The number of rotatable bonds is 7. The minimum absolute atomic E-state index is 0.0533. The molecule has 0 aromatic heterocycles. The van der Waals surface area contributed by atoms with Crippen molar-refractivity contribution in [1.29, 1.82) is 0 Å². The highest BCUT2D eigenvalue weighted by Gasteiger charge is 2.29. The Bertz CT molecular complexity index is 1230. The van der Waals surface area contributed by atoms with Gasteiger partial charge < -0.3 is 14.9 Å². The maximum absolute atomic E-state index is 13.4. The number of carbonyl (C=O) groups is 2. The van der Waals surface area contributed by atoms with Gasteiger partial charge in [-0.2, -0.15) is 0 Å². The van der Waals surface area contributed by atoms with E-state index in [1.54, 1.807) is 50.3 Å². The van der Waals surface area contributed by atoms with Crippen LogP contribution in [0.4, 0.5) is 5.69 Å². The van der Waals surface area contributed by atoms with E-state index >= 15 is 0 Å². The van der Waals surface area contributed by atoms with E-state index < -0.39 is 10.0 Å². The zero-order valence-corrected chi connectivity index (χ0v) is 21.1. The van der Waals surface area contributed by atoms with Crippen LogP contribution in [-0.4, -0.2) is 86.9 Å². The maximum Gasteiger partial charge on any atom is 0.253 e.